The molecule has 10 heteroatoms. The highest BCUT2D eigenvalue weighted by molar-refractivity contribution is 5.58. The van der Waals surface area contributed by atoms with E-state index in [0.717, 1.165) is 6.08 Å². The van der Waals surface area contributed by atoms with E-state index in [0.29, 0.717) is 30.4 Å². The fraction of sp³-hybridized carbons (Fsp3) is 0.333. The minimum Gasteiger partial charge on any atom is -0.506 e. The number of benzene rings is 1. The summed E-state index contributed by atoms with van der Waals surface area (Å²) >= 11 is 0. The lowest BCUT2D eigenvalue weighted by molar-refractivity contribution is -0.289. The van der Waals surface area contributed by atoms with Crippen molar-refractivity contribution in [2.75, 3.05) is 5.73 Å². The van der Waals surface area contributed by atoms with Gasteiger partial charge in [0.05, 0.1) is 17.8 Å². The van der Waals surface area contributed by atoms with Crippen LogP contribution in [-0.4, -0.2) is 34.7 Å². The summed E-state index contributed by atoms with van der Waals surface area (Å²) in [5.74, 6) is -0.651. The maximum atomic E-state index is 13.8. The van der Waals surface area contributed by atoms with E-state index in [9.17, 15) is 36.6 Å². The summed E-state index contributed by atoms with van der Waals surface area (Å²) in [5, 5.41) is 18.8. The molecule has 0 bridgehead atoms. The second-order valence-electron chi connectivity index (χ2n) is 5.57. The average molecular weight is 368 g/mol. The Kier molecular flexibility index (Phi) is 4.56. The number of aromatic hydroxyl groups is 1. The Bertz CT molecular complexity index is 710. The minimum atomic E-state index is -5.80. The van der Waals surface area contributed by atoms with E-state index in [-0.39, 0.29) is 0 Å². The summed E-state index contributed by atoms with van der Waals surface area (Å²) < 4.78 is 82.8. The fourth-order valence-corrected chi connectivity index (χ4v) is 2.71. The number of phenolic OH excluding ortho intramolecular Hbond substituents is 1. The number of anilines is 1. The van der Waals surface area contributed by atoms with Crippen LogP contribution in [0.3, 0.4) is 0 Å². The van der Waals surface area contributed by atoms with Crippen molar-refractivity contribution in [2.24, 2.45) is 5.73 Å². The molecule has 6 N–H and O–H groups in total. The molecule has 2 atom stereocenters. The van der Waals surface area contributed by atoms with Crippen LogP contribution < -0.4 is 11.5 Å². The Balaban J connectivity index is 2.86. The third-order valence-corrected chi connectivity index (χ3v) is 3.98. The maximum absolute atomic E-state index is 13.8. The van der Waals surface area contributed by atoms with Crippen LogP contribution in [0.4, 0.5) is 32.0 Å². The topological polar surface area (TPSA) is 92.5 Å². The second-order valence-corrected chi connectivity index (χ2v) is 5.57. The number of nitrogen functional groups attached to an aromatic ring is 1. The van der Waals surface area contributed by atoms with Crippen molar-refractivity contribution < 1.29 is 36.6 Å². The molecule has 1 aliphatic rings. The molecule has 0 aromatic heterocycles. The van der Waals surface area contributed by atoms with Gasteiger partial charge in [0.15, 0.2) is 0 Å². The highest BCUT2D eigenvalue weighted by Gasteiger charge is 2.73. The minimum absolute atomic E-state index is 0.418. The number of halogens is 6. The predicted molar refractivity (Wildman–Crippen MR) is 77.5 cm³/mol. The summed E-state index contributed by atoms with van der Waals surface area (Å²) in [5.41, 5.74) is 3.24. The molecule has 0 fully saturated rings. The molecule has 0 saturated heterocycles. The number of hydrogen-bond donors (Lipinski definition) is 4. The van der Waals surface area contributed by atoms with Crippen molar-refractivity contribution in [1.82, 2.24) is 0 Å². The third-order valence-electron chi connectivity index (χ3n) is 3.98. The van der Waals surface area contributed by atoms with Gasteiger partial charge >= 0.3 is 12.4 Å². The molecule has 2 rings (SSSR count). The molecule has 1 aromatic carbocycles. The molecule has 138 valence electrons. The second kappa shape index (κ2) is 5.95. The molecule has 0 amide bonds. The Morgan fingerprint density at radius 1 is 1.00 bits per heavy atom. The van der Waals surface area contributed by atoms with Gasteiger partial charge in [0.2, 0.25) is 5.41 Å². The van der Waals surface area contributed by atoms with Crippen LogP contribution in [0.25, 0.3) is 0 Å². The van der Waals surface area contributed by atoms with Crippen molar-refractivity contribution >= 4 is 5.69 Å². The van der Waals surface area contributed by atoms with Crippen molar-refractivity contribution in [3.63, 3.8) is 0 Å². The normalized spacial score (nSPS) is 22.0. The lowest BCUT2D eigenvalue weighted by Gasteiger charge is -2.40. The monoisotopic (exact) mass is 368 g/mol. The molecule has 1 aromatic rings. The highest BCUT2D eigenvalue weighted by atomic mass is 19.4. The van der Waals surface area contributed by atoms with Gasteiger partial charge < -0.3 is 21.7 Å². The quantitative estimate of drug-likeness (QED) is 0.367. The number of phenols is 1. The van der Waals surface area contributed by atoms with E-state index >= 15 is 0 Å². The summed E-state index contributed by atoms with van der Waals surface area (Å²) in [6.07, 6.45) is -11.2. The molecule has 0 heterocycles. The van der Waals surface area contributed by atoms with Gasteiger partial charge in [0, 0.05) is 0 Å². The van der Waals surface area contributed by atoms with Gasteiger partial charge in [-0.1, -0.05) is 24.3 Å². The summed E-state index contributed by atoms with van der Waals surface area (Å²) in [7, 11) is 0. The van der Waals surface area contributed by atoms with Crippen LogP contribution in [0.1, 0.15) is 5.56 Å². The molecule has 0 aliphatic heterocycles. The Morgan fingerprint density at radius 3 is 2.00 bits per heavy atom. The number of rotatable bonds is 2. The average Bonchev–Trinajstić information content (AvgIpc) is 2.44. The van der Waals surface area contributed by atoms with Crippen LogP contribution in [0.15, 0.2) is 42.0 Å². The van der Waals surface area contributed by atoms with E-state index in [1.54, 1.807) is 0 Å². The van der Waals surface area contributed by atoms with Crippen molar-refractivity contribution in [3.05, 3.63) is 47.6 Å². The summed E-state index contributed by atoms with van der Waals surface area (Å²) in [6.45, 7) is 0. The molecule has 25 heavy (non-hydrogen) atoms. The molecule has 0 radical (unpaired) electrons. The largest absolute Gasteiger partial charge is 0.506 e. The molecule has 1 aliphatic carbocycles. The van der Waals surface area contributed by atoms with Crippen molar-refractivity contribution in [2.45, 2.75) is 29.9 Å². The third kappa shape index (κ3) is 2.95. The zero-order valence-corrected chi connectivity index (χ0v) is 12.4. The lowest BCUT2D eigenvalue weighted by atomic mass is 9.70. The Labute approximate surface area is 138 Å². The van der Waals surface area contributed by atoms with Gasteiger partial charge in [0.1, 0.15) is 5.75 Å². The lowest BCUT2D eigenvalue weighted by Crippen LogP contribution is -2.56. The van der Waals surface area contributed by atoms with Gasteiger partial charge in [-0.25, -0.2) is 0 Å². The van der Waals surface area contributed by atoms with Crippen LogP contribution in [0, 0.1) is 0 Å². The fourth-order valence-electron chi connectivity index (χ4n) is 2.71. The number of hydrogen-bond acceptors (Lipinski definition) is 4. The zero-order valence-electron chi connectivity index (χ0n) is 12.4. The van der Waals surface area contributed by atoms with E-state index in [2.05, 4.69) is 0 Å². The maximum Gasteiger partial charge on any atom is 0.411 e. The molecular weight excluding hydrogens is 354 g/mol. The van der Waals surface area contributed by atoms with Crippen LogP contribution in [0.2, 0.25) is 0 Å². The smallest absolute Gasteiger partial charge is 0.411 e. The molecule has 2 unspecified atom stereocenters. The Morgan fingerprint density at radius 2 is 1.56 bits per heavy atom. The predicted octanol–water partition coefficient (Wildman–Crippen LogP) is 2.52. The van der Waals surface area contributed by atoms with Gasteiger partial charge in [-0.15, -0.1) is 0 Å². The molecular formula is C15H14F6N2O2. The first-order valence-corrected chi connectivity index (χ1v) is 6.89. The molecule has 0 spiro atoms. The zero-order chi connectivity index (χ0) is 19.2. The number of aliphatic hydroxyl groups is 1. The summed E-state index contributed by atoms with van der Waals surface area (Å²) in [4.78, 5) is 0. The van der Waals surface area contributed by atoms with Crippen LogP contribution >= 0.6 is 0 Å². The van der Waals surface area contributed by atoms with Gasteiger partial charge in [-0.2, -0.15) is 26.3 Å². The van der Waals surface area contributed by atoms with Gasteiger partial charge in [-0.3, -0.25) is 0 Å². The van der Waals surface area contributed by atoms with Crippen LogP contribution in [-0.2, 0) is 5.41 Å². The standard InChI is InChI=1S/C15H14F6N2O2/c16-14(17,18)13(15(19,20)21,7-1-3-11(24)9(22)5-7)8-2-4-12(25)10(23)6-8/h1-6,9,11,24-25H,22-23H2. The number of alkyl halides is 6. The van der Waals surface area contributed by atoms with Gasteiger partial charge in [0.25, 0.3) is 0 Å². The van der Waals surface area contributed by atoms with Crippen molar-refractivity contribution in [1.29, 1.82) is 0 Å². The molecule has 0 saturated carbocycles. The first kappa shape index (κ1) is 19.1. The molecule has 4 nitrogen and oxygen atoms in total. The first-order valence-electron chi connectivity index (χ1n) is 6.89. The van der Waals surface area contributed by atoms with E-state index in [4.69, 9.17) is 11.5 Å². The Hall–Kier alpha value is -2.20. The van der Waals surface area contributed by atoms with Crippen LogP contribution in [0.5, 0.6) is 5.75 Å². The van der Waals surface area contributed by atoms with Crippen molar-refractivity contribution in [3.8, 4) is 5.75 Å². The van der Waals surface area contributed by atoms with E-state index < -0.39 is 52.5 Å². The highest BCUT2D eigenvalue weighted by Crippen LogP contribution is 2.57. The SMILES string of the molecule is Nc1cc(C(C2=CC(N)C(O)C=C2)(C(F)(F)F)C(F)(F)F)ccc1O. The summed E-state index contributed by atoms with van der Waals surface area (Å²) in [6, 6.07) is 0.122. The van der Waals surface area contributed by atoms with E-state index in [1.165, 1.54) is 0 Å². The van der Waals surface area contributed by atoms with Gasteiger partial charge in [-0.05, 0) is 23.3 Å². The number of allylic oxidation sites excluding steroid dienone is 2. The number of nitrogens with two attached hydrogens (primary N) is 2. The number of aliphatic hydroxyl groups excluding tert-OH is 1. The van der Waals surface area contributed by atoms with E-state index in [1.807, 2.05) is 0 Å². The first-order chi connectivity index (χ1) is 11.3.